The van der Waals surface area contributed by atoms with Crippen molar-refractivity contribution in [2.75, 3.05) is 0 Å². The van der Waals surface area contributed by atoms with Crippen molar-refractivity contribution in [2.45, 2.75) is 32.1 Å². The molecule has 2 rings (SSSR count). The molecule has 0 fully saturated rings. The van der Waals surface area contributed by atoms with Crippen LogP contribution in [-0.4, -0.2) is 0 Å². The maximum absolute atomic E-state index is 13.2. The van der Waals surface area contributed by atoms with E-state index in [1.807, 2.05) is 12.1 Å². The normalized spacial score (nSPS) is 21.9. The van der Waals surface area contributed by atoms with Crippen LogP contribution in [0.25, 0.3) is 0 Å². The molecule has 2 atom stereocenters. The third-order valence-corrected chi connectivity index (χ3v) is 3.48. The first kappa shape index (κ1) is 10.4. The Kier molecular flexibility index (Phi) is 2.90. The lowest BCUT2D eigenvalue weighted by Crippen LogP contribution is -2.15. The van der Waals surface area contributed by atoms with Crippen LogP contribution < -0.4 is 0 Å². The summed E-state index contributed by atoms with van der Waals surface area (Å²) in [6.07, 6.45) is 5.44. The first-order valence-corrected chi connectivity index (χ1v) is 5.63. The third-order valence-electron chi connectivity index (χ3n) is 3.48. The molecule has 1 aromatic rings. The fraction of sp³-hybridized carbons (Fsp3) is 0.429. The smallest absolute Gasteiger partial charge is 0.123 e. The maximum atomic E-state index is 13.2. The molecule has 0 N–H and O–H groups in total. The molecule has 0 aliphatic heterocycles. The fourth-order valence-corrected chi connectivity index (χ4v) is 2.52. The van der Waals surface area contributed by atoms with Gasteiger partial charge < -0.3 is 0 Å². The molecule has 0 heterocycles. The van der Waals surface area contributed by atoms with E-state index >= 15 is 0 Å². The van der Waals surface area contributed by atoms with Crippen LogP contribution in [0.2, 0.25) is 0 Å². The number of aryl methyl sites for hydroxylation is 1. The average molecular weight is 204 g/mol. The second-order valence-electron chi connectivity index (χ2n) is 4.44. The Labute approximate surface area is 90.8 Å². The summed E-state index contributed by atoms with van der Waals surface area (Å²) in [6.45, 7) is 6.00. The lowest BCUT2D eigenvalue weighted by molar-refractivity contribution is 0.463. The molecule has 80 valence electrons. The number of benzene rings is 1. The predicted octanol–water partition coefficient (Wildman–Crippen LogP) is 4.07. The van der Waals surface area contributed by atoms with E-state index in [-0.39, 0.29) is 5.82 Å². The highest BCUT2D eigenvalue weighted by molar-refractivity contribution is 5.34. The summed E-state index contributed by atoms with van der Waals surface area (Å²) >= 11 is 0. The monoisotopic (exact) mass is 204 g/mol. The van der Waals surface area contributed by atoms with Crippen molar-refractivity contribution in [1.82, 2.24) is 0 Å². The van der Waals surface area contributed by atoms with E-state index in [2.05, 4.69) is 13.5 Å². The molecule has 0 saturated heterocycles. The van der Waals surface area contributed by atoms with Crippen molar-refractivity contribution < 1.29 is 4.39 Å². The molecule has 0 bridgehead atoms. The number of hydrogen-bond acceptors (Lipinski definition) is 0. The van der Waals surface area contributed by atoms with Crippen LogP contribution in [0.1, 0.15) is 36.8 Å². The van der Waals surface area contributed by atoms with E-state index in [1.165, 1.54) is 17.5 Å². The lowest BCUT2D eigenvalue weighted by atomic mass is 9.76. The number of allylic oxidation sites excluding steroid dienone is 1. The molecule has 15 heavy (non-hydrogen) atoms. The summed E-state index contributed by atoms with van der Waals surface area (Å²) in [4.78, 5) is 0. The zero-order valence-electron chi connectivity index (χ0n) is 9.17. The van der Waals surface area contributed by atoms with Crippen LogP contribution in [0.15, 0.2) is 30.9 Å². The summed E-state index contributed by atoms with van der Waals surface area (Å²) in [6, 6.07) is 5.21. The van der Waals surface area contributed by atoms with Crippen molar-refractivity contribution in [1.29, 1.82) is 0 Å². The minimum Gasteiger partial charge on any atom is -0.207 e. The van der Waals surface area contributed by atoms with Crippen LogP contribution in [0, 0.1) is 11.7 Å². The minimum absolute atomic E-state index is 0.114. The number of fused-ring (bicyclic) bond motifs is 1. The van der Waals surface area contributed by atoms with Gasteiger partial charge in [0, 0.05) is 0 Å². The van der Waals surface area contributed by atoms with E-state index in [1.54, 1.807) is 12.1 Å². The quantitative estimate of drug-likeness (QED) is 0.637. The topological polar surface area (TPSA) is 0 Å². The average Bonchev–Trinajstić information content (AvgIpc) is 2.27. The Morgan fingerprint density at radius 2 is 2.33 bits per heavy atom. The molecule has 0 nitrogen and oxygen atoms in total. The number of halogens is 1. The van der Waals surface area contributed by atoms with Crippen molar-refractivity contribution in [3.63, 3.8) is 0 Å². The second-order valence-corrected chi connectivity index (χ2v) is 4.44. The fourth-order valence-electron chi connectivity index (χ4n) is 2.52. The minimum atomic E-state index is -0.114. The van der Waals surface area contributed by atoms with Gasteiger partial charge in [0.05, 0.1) is 0 Å². The van der Waals surface area contributed by atoms with Gasteiger partial charge in [0.2, 0.25) is 0 Å². The highest BCUT2D eigenvalue weighted by atomic mass is 19.1. The van der Waals surface area contributed by atoms with Gasteiger partial charge in [-0.25, -0.2) is 4.39 Å². The van der Waals surface area contributed by atoms with Crippen LogP contribution in [0.3, 0.4) is 0 Å². The van der Waals surface area contributed by atoms with Gasteiger partial charge in [-0.3, -0.25) is 0 Å². The standard InChI is InChI=1S/C14H17F/c1-3-10(2)13-6-4-5-11-7-8-12(15)9-14(11)13/h3,7-10,13H,1,4-6H2,2H3. The van der Waals surface area contributed by atoms with E-state index in [9.17, 15) is 4.39 Å². The van der Waals surface area contributed by atoms with Crippen LogP contribution >= 0.6 is 0 Å². The van der Waals surface area contributed by atoms with Crippen molar-refractivity contribution in [3.05, 3.63) is 47.8 Å². The Morgan fingerprint density at radius 3 is 3.07 bits per heavy atom. The molecular formula is C14H17F. The highest BCUT2D eigenvalue weighted by Gasteiger charge is 2.23. The summed E-state index contributed by atoms with van der Waals surface area (Å²) < 4.78 is 13.2. The van der Waals surface area contributed by atoms with Gasteiger partial charge in [0.15, 0.2) is 0 Å². The molecule has 0 saturated carbocycles. The van der Waals surface area contributed by atoms with Gasteiger partial charge in [-0.2, -0.15) is 0 Å². The van der Waals surface area contributed by atoms with Gasteiger partial charge in [0.1, 0.15) is 5.82 Å². The van der Waals surface area contributed by atoms with Crippen molar-refractivity contribution in [3.8, 4) is 0 Å². The molecule has 1 aliphatic rings. The van der Waals surface area contributed by atoms with Gasteiger partial charge in [-0.15, -0.1) is 6.58 Å². The SMILES string of the molecule is C=CC(C)C1CCCc2ccc(F)cc21. The Balaban J connectivity index is 2.40. The van der Waals surface area contributed by atoms with Gasteiger partial charge in [-0.1, -0.05) is 19.1 Å². The second kappa shape index (κ2) is 4.18. The maximum Gasteiger partial charge on any atom is 0.123 e. The number of rotatable bonds is 2. The van der Waals surface area contributed by atoms with Crippen LogP contribution in [0.4, 0.5) is 4.39 Å². The molecule has 1 heteroatoms. The Bertz CT molecular complexity index is 368. The van der Waals surface area contributed by atoms with Crippen molar-refractivity contribution in [2.24, 2.45) is 5.92 Å². The van der Waals surface area contributed by atoms with E-state index < -0.39 is 0 Å². The summed E-state index contributed by atoms with van der Waals surface area (Å²) in [7, 11) is 0. The van der Waals surface area contributed by atoms with E-state index in [0.717, 1.165) is 12.8 Å². The first-order valence-electron chi connectivity index (χ1n) is 5.63. The van der Waals surface area contributed by atoms with Gasteiger partial charge in [0.25, 0.3) is 0 Å². The first-order chi connectivity index (χ1) is 7.22. The van der Waals surface area contributed by atoms with Gasteiger partial charge in [-0.05, 0) is 54.4 Å². The van der Waals surface area contributed by atoms with Crippen molar-refractivity contribution >= 4 is 0 Å². The molecule has 1 aromatic carbocycles. The van der Waals surface area contributed by atoms with E-state index in [4.69, 9.17) is 0 Å². The molecule has 0 amide bonds. The molecule has 2 unspecified atom stereocenters. The molecule has 0 aromatic heterocycles. The largest absolute Gasteiger partial charge is 0.207 e. The Hall–Kier alpha value is -1.11. The zero-order chi connectivity index (χ0) is 10.8. The number of hydrogen-bond donors (Lipinski definition) is 0. The zero-order valence-corrected chi connectivity index (χ0v) is 9.17. The summed E-state index contributed by atoms with van der Waals surface area (Å²) in [5.41, 5.74) is 2.52. The molecule has 1 aliphatic carbocycles. The molecular weight excluding hydrogens is 187 g/mol. The predicted molar refractivity (Wildman–Crippen MR) is 61.4 cm³/mol. The summed E-state index contributed by atoms with van der Waals surface area (Å²) in [5.74, 6) is 0.782. The summed E-state index contributed by atoms with van der Waals surface area (Å²) in [5, 5.41) is 0. The highest BCUT2D eigenvalue weighted by Crippen LogP contribution is 2.37. The van der Waals surface area contributed by atoms with E-state index in [0.29, 0.717) is 11.8 Å². The molecule has 0 radical (unpaired) electrons. The van der Waals surface area contributed by atoms with Crippen LogP contribution in [-0.2, 0) is 6.42 Å². The molecule has 0 spiro atoms. The van der Waals surface area contributed by atoms with Crippen LogP contribution in [0.5, 0.6) is 0 Å². The Morgan fingerprint density at radius 1 is 1.53 bits per heavy atom. The lowest BCUT2D eigenvalue weighted by Gasteiger charge is -2.28. The van der Waals surface area contributed by atoms with Gasteiger partial charge >= 0.3 is 0 Å². The third kappa shape index (κ3) is 1.97.